The van der Waals surface area contributed by atoms with Gasteiger partial charge in [0.25, 0.3) is 5.91 Å². The van der Waals surface area contributed by atoms with Gasteiger partial charge in [-0.1, -0.05) is 57.2 Å². The van der Waals surface area contributed by atoms with Gasteiger partial charge < -0.3 is 5.32 Å². The molecule has 0 aromatic heterocycles. The standard InChI is InChI=1S/C20H26N2O3S/c1-14(15-10-12-16(13-11-15)20(2,3)4)21-19(23)17-8-6-7-9-18(17)22-26(5,24)25/h6-14,22H,1-5H3,(H,21,23). The summed E-state index contributed by atoms with van der Waals surface area (Å²) in [5.74, 6) is -0.329. The van der Waals surface area contributed by atoms with Crippen LogP contribution in [0.25, 0.3) is 0 Å². The molecule has 1 atom stereocenters. The monoisotopic (exact) mass is 374 g/mol. The van der Waals surface area contributed by atoms with Crippen molar-refractivity contribution in [2.24, 2.45) is 0 Å². The fraction of sp³-hybridized carbons (Fsp3) is 0.350. The predicted octanol–water partition coefficient (Wildman–Crippen LogP) is 3.85. The molecule has 0 fully saturated rings. The van der Waals surface area contributed by atoms with Crippen LogP contribution in [0.1, 0.15) is 55.2 Å². The smallest absolute Gasteiger partial charge is 0.253 e. The third kappa shape index (κ3) is 5.33. The Hall–Kier alpha value is -2.34. The third-order valence-corrected chi connectivity index (χ3v) is 4.68. The second-order valence-electron chi connectivity index (χ2n) is 7.49. The van der Waals surface area contributed by atoms with E-state index in [9.17, 15) is 13.2 Å². The molecule has 2 N–H and O–H groups in total. The molecule has 0 aliphatic carbocycles. The van der Waals surface area contributed by atoms with Crippen LogP contribution in [0.5, 0.6) is 0 Å². The zero-order chi connectivity index (χ0) is 19.5. The van der Waals surface area contributed by atoms with Crippen molar-refractivity contribution in [1.29, 1.82) is 0 Å². The highest BCUT2D eigenvalue weighted by molar-refractivity contribution is 7.92. The number of carbonyl (C=O) groups is 1. The second kappa shape index (κ2) is 7.50. The van der Waals surface area contributed by atoms with Crippen LogP contribution in [0.3, 0.4) is 0 Å². The molecule has 0 heterocycles. The molecular weight excluding hydrogens is 348 g/mol. The van der Waals surface area contributed by atoms with E-state index >= 15 is 0 Å². The van der Waals surface area contributed by atoms with Crippen molar-refractivity contribution in [3.63, 3.8) is 0 Å². The first-order chi connectivity index (χ1) is 12.0. The van der Waals surface area contributed by atoms with E-state index in [-0.39, 0.29) is 28.6 Å². The van der Waals surface area contributed by atoms with Crippen molar-refractivity contribution in [3.8, 4) is 0 Å². The number of carbonyl (C=O) groups excluding carboxylic acids is 1. The molecular formula is C20H26N2O3S. The predicted molar refractivity (Wildman–Crippen MR) is 106 cm³/mol. The molecule has 1 unspecified atom stereocenters. The molecule has 0 aliphatic heterocycles. The number of para-hydroxylation sites is 1. The summed E-state index contributed by atoms with van der Waals surface area (Å²) in [5, 5.41) is 2.92. The minimum Gasteiger partial charge on any atom is -0.345 e. The van der Waals surface area contributed by atoms with Crippen LogP contribution < -0.4 is 10.0 Å². The third-order valence-electron chi connectivity index (χ3n) is 4.09. The van der Waals surface area contributed by atoms with Gasteiger partial charge in [-0.25, -0.2) is 8.42 Å². The molecule has 0 bridgehead atoms. The van der Waals surface area contributed by atoms with E-state index in [0.29, 0.717) is 0 Å². The maximum atomic E-state index is 12.6. The van der Waals surface area contributed by atoms with Crippen molar-refractivity contribution in [1.82, 2.24) is 5.32 Å². The summed E-state index contributed by atoms with van der Waals surface area (Å²) in [7, 11) is -3.46. The van der Waals surface area contributed by atoms with Gasteiger partial charge in [-0.15, -0.1) is 0 Å². The van der Waals surface area contributed by atoms with Crippen LogP contribution in [0.2, 0.25) is 0 Å². The quantitative estimate of drug-likeness (QED) is 0.835. The number of sulfonamides is 1. The highest BCUT2D eigenvalue weighted by Crippen LogP contribution is 2.24. The van der Waals surface area contributed by atoms with Gasteiger partial charge >= 0.3 is 0 Å². The maximum absolute atomic E-state index is 12.6. The van der Waals surface area contributed by atoms with Crippen LogP contribution in [0.15, 0.2) is 48.5 Å². The van der Waals surface area contributed by atoms with Gasteiger partial charge in [0, 0.05) is 0 Å². The molecule has 140 valence electrons. The molecule has 0 saturated carbocycles. The van der Waals surface area contributed by atoms with Crippen LogP contribution >= 0.6 is 0 Å². The molecule has 0 saturated heterocycles. The number of anilines is 1. The van der Waals surface area contributed by atoms with Crippen LogP contribution in [0, 0.1) is 0 Å². The minimum atomic E-state index is -3.46. The maximum Gasteiger partial charge on any atom is 0.253 e. The second-order valence-corrected chi connectivity index (χ2v) is 9.24. The lowest BCUT2D eigenvalue weighted by atomic mass is 9.86. The Morgan fingerprint density at radius 2 is 1.58 bits per heavy atom. The lowest BCUT2D eigenvalue weighted by molar-refractivity contribution is 0.0941. The van der Waals surface area contributed by atoms with Crippen molar-refractivity contribution < 1.29 is 13.2 Å². The SMILES string of the molecule is CC(NC(=O)c1ccccc1NS(C)(=O)=O)c1ccc(C(C)(C)C)cc1. The first-order valence-corrected chi connectivity index (χ1v) is 10.3. The first kappa shape index (κ1) is 20.0. The van der Waals surface area contributed by atoms with Gasteiger partial charge in [0.05, 0.1) is 23.5 Å². The Morgan fingerprint density at radius 3 is 2.12 bits per heavy atom. The molecule has 0 radical (unpaired) electrons. The largest absolute Gasteiger partial charge is 0.345 e. The van der Waals surface area contributed by atoms with Gasteiger partial charge in [0.15, 0.2) is 0 Å². The number of benzene rings is 2. The summed E-state index contributed by atoms with van der Waals surface area (Å²) in [6.45, 7) is 8.35. The van der Waals surface area contributed by atoms with E-state index < -0.39 is 10.0 Å². The highest BCUT2D eigenvalue weighted by Gasteiger charge is 2.18. The molecule has 2 aromatic rings. The van der Waals surface area contributed by atoms with Crippen molar-refractivity contribution in [2.45, 2.75) is 39.2 Å². The molecule has 2 aromatic carbocycles. The van der Waals surface area contributed by atoms with Crippen LogP contribution in [-0.2, 0) is 15.4 Å². The number of amides is 1. The minimum absolute atomic E-state index is 0.0707. The van der Waals surface area contributed by atoms with Crippen molar-refractivity contribution in [2.75, 3.05) is 11.0 Å². The summed E-state index contributed by atoms with van der Waals surface area (Å²) < 4.78 is 25.4. The van der Waals surface area contributed by atoms with E-state index in [1.165, 1.54) is 5.56 Å². The lowest BCUT2D eigenvalue weighted by Gasteiger charge is -2.21. The number of nitrogens with one attached hydrogen (secondary N) is 2. The zero-order valence-electron chi connectivity index (χ0n) is 15.8. The fourth-order valence-electron chi connectivity index (χ4n) is 2.60. The van der Waals surface area contributed by atoms with Gasteiger partial charge in [-0.05, 0) is 35.6 Å². The summed E-state index contributed by atoms with van der Waals surface area (Å²) in [5.41, 5.74) is 2.84. The molecule has 0 spiro atoms. The van der Waals surface area contributed by atoms with Crippen molar-refractivity contribution in [3.05, 3.63) is 65.2 Å². The van der Waals surface area contributed by atoms with E-state index in [1.807, 2.05) is 19.1 Å². The first-order valence-electron chi connectivity index (χ1n) is 8.45. The topological polar surface area (TPSA) is 75.3 Å². The summed E-state index contributed by atoms with van der Waals surface area (Å²) in [6.07, 6.45) is 1.06. The average molecular weight is 375 g/mol. The Morgan fingerprint density at radius 1 is 1.00 bits per heavy atom. The molecule has 0 aliphatic rings. The number of rotatable bonds is 5. The highest BCUT2D eigenvalue weighted by atomic mass is 32.2. The Bertz CT molecular complexity index is 882. The lowest BCUT2D eigenvalue weighted by Crippen LogP contribution is -2.28. The molecule has 5 nitrogen and oxygen atoms in total. The van der Waals surface area contributed by atoms with E-state index in [0.717, 1.165) is 11.8 Å². The van der Waals surface area contributed by atoms with Gasteiger partial charge in [0.1, 0.15) is 0 Å². The zero-order valence-corrected chi connectivity index (χ0v) is 16.6. The fourth-order valence-corrected chi connectivity index (χ4v) is 3.18. The number of hydrogen-bond donors (Lipinski definition) is 2. The average Bonchev–Trinajstić information content (AvgIpc) is 2.53. The van der Waals surface area contributed by atoms with Crippen LogP contribution in [-0.4, -0.2) is 20.6 Å². The Labute approximate surface area is 155 Å². The van der Waals surface area contributed by atoms with Crippen molar-refractivity contribution >= 4 is 21.6 Å². The van der Waals surface area contributed by atoms with Gasteiger partial charge in [0.2, 0.25) is 10.0 Å². The summed E-state index contributed by atoms with van der Waals surface area (Å²) in [6, 6.07) is 14.5. The molecule has 6 heteroatoms. The summed E-state index contributed by atoms with van der Waals surface area (Å²) >= 11 is 0. The molecule has 1 amide bonds. The Kier molecular flexibility index (Phi) is 5.76. The van der Waals surface area contributed by atoms with E-state index in [1.54, 1.807) is 24.3 Å². The number of hydrogen-bond acceptors (Lipinski definition) is 3. The molecule has 2 rings (SSSR count). The Balaban J connectivity index is 2.17. The van der Waals surface area contributed by atoms with Gasteiger partial charge in [-0.2, -0.15) is 0 Å². The molecule has 26 heavy (non-hydrogen) atoms. The summed E-state index contributed by atoms with van der Waals surface area (Å²) in [4.78, 5) is 12.6. The van der Waals surface area contributed by atoms with E-state index in [2.05, 4.69) is 42.9 Å². The van der Waals surface area contributed by atoms with E-state index in [4.69, 9.17) is 0 Å². The normalized spacial score (nSPS) is 13.1. The van der Waals surface area contributed by atoms with Gasteiger partial charge in [-0.3, -0.25) is 9.52 Å². The van der Waals surface area contributed by atoms with Crippen LogP contribution in [0.4, 0.5) is 5.69 Å².